The summed E-state index contributed by atoms with van der Waals surface area (Å²) >= 11 is 0. The molecule has 0 spiro atoms. The zero-order chi connectivity index (χ0) is 13.1. The van der Waals surface area contributed by atoms with Gasteiger partial charge in [0.15, 0.2) is 0 Å². The Hall–Kier alpha value is -2.18. The average molecular weight is 250 g/mol. The zero-order valence-electron chi connectivity index (χ0n) is 10.2. The van der Waals surface area contributed by atoms with Crippen molar-refractivity contribution in [1.82, 2.24) is 20.6 Å². The summed E-state index contributed by atoms with van der Waals surface area (Å²) in [7, 11) is 0. The molecular weight excluding hydrogens is 236 g/mol. The van der Waals surface area contributed by atoms with Crippen LogP contribution in [0.15, 0.2) is 6.07 Å². The molecule has 2 rings (SSSR count). The average Bonchev–Trinajstić information content (AvgIpc) is 2.71. The first-order valence-corrected chi connectivity index (χ1v) is 5.57. The highest BCUT2D eigenvalue weighted by Gasteiger charge is 2.28. The normalized spacial score (nSPS) is 18.1. The summed E-state index contributed by atoms with van der Waals surface area (Å²) in [6, 6.07) is 1.22. The first-order chi connectivity index (χ1) is 8.54. The van der Waals surface area contributed by atoms with E-state index < -0.39 is 12.1 Å². The first kappa shape index (κ1) is 12.3. The molecule has 0 saturated carbocycles. The second-order valence-corrected chi connectivity index (χ2v) is 4.08. The second kappa shape index (κ2) is 4.99. The number of hydrogen-bond acceptors (Lipinski definition) is 5. The number of rotatable bonds is 3. The fourth-order valence-electron chi connectivity index (χ4n) is 1.69. The van der Waals surface area contributed by atoms with Crippen LogP contribution in [0.5, 0.6) is 0 Å². The van der Waals surface area contributed by atoms with E-state index in [4.69, 9.17) is 0 Å². The van der Waals surface area contributed by atoms with Gasteiger partial charge in [-0.1, -0.05) is 0 Å². The molecule has 1 atom stereocenters. The van der Waals surface area contributed by atoms with Gasteiger partial charge in [0, 0.05) is 11.4 Å². The van der Waals surface area contributed by atoms with Crippen molar-refractivity contribution in [3.05, 3.63) is 23.3 Å². The van der Waals surface area contributed by atoms with E-state index in [2.05, 4.69) is 25.3 Å². The maximum Gasteiger partial charge on any atom is 0.407 e. The number of aromatic nitrogens is 2. The van der Waals surface area contributed by atoms with Crippen LogP contribution in [0.4, 0.5) is 4.79 Å². The molecule has 18 heavy (non-hydrogen) atoms. The van der Waals surface area contributed by atoms with Crippen molar-refractivity contribution in [2.45, 2.75) is 26.4 Å². The predicted octanol–water partition coefficient (Wildman–Crippen LogP) is -0.182. The van der Waals surface area contributed by atoms with Crippen LogP contribution in [0.2, 0.25) is 0 Å². The lowest BCUT2D eigenvalue weighted by molar-refractivity contribution is -0.123. The van der Waals surface area contributed by atoms with Gasteiger partial charge in [-0.3, -0.25) is 4.79 Å². The maximum atomic E-state index is 11.7. The van der Waals surface area contributed by atoms with Gasteiger partial charge in [-0.25, -0.2) is 14.8 Å². The van der Waals surface area contributed by atoms with Gasteiger partial charge in [-0.15, -0.1) is 0 Å². The Bertz CT molecular complexity index is 469. The van der Waals surface area contributed by atoms with Crippen LogP contribution in [0, 0.1) is 13.8 Å². The summed E-state index contributed by atoms with van der Waals surface area (Å²) in [4.78, 5) is 30.9. The summed E-state index contributed by atoms with van der Waals surface area (Å²) in [6.45, 7) is 4.02. The molecule has 0 radical (unpaired) electrons. The summed E-state index contributed by atoms with van der Waals surface area (Å²) in [5, 5.41) is 5.06. The highest BCUT2D eigenvalue weighted by Crippen LogP contribution is 2.00. The standard InChI is InChI=1S/C11H14N4O3/c1-6-3-7(2)14-9(13-6)4-12-10(16)8-5-18-11(17)15-8/h3,8H,4-5H2,1-2H3,(H,12,16)(H,15,17)/t8-/m0/s1. The molecule has 1 aromatic heterocycles. The van der Waals surface area contributed by atoms with Crippen LogP contribution in [-0.4, -0.2) is 34.6 Å². The van der Waals surface area contributed by atoms with Crippen molar-refractivity contribution < 1.29 is 14.3 Å². The molecule has 1 aliphatic heterocycles. The van der Waals surface area contributed by atoms with Crippen LogP contribution in [0.3, 0.4) is 0 Å². The van der Waals surface area contributed by atoms with Gasteiger partial charge in [0.2, 0.25) is 5.91 Å². The molecule has 2 N–H and O–H groups in total. The Morgan fingerprint density at radius 1 is 1.50 bits per heavy atom. The molecule has 0 unspecified atom stereocenters. The smallest absolute Gasteiger partial charge is 0.407 e. The van der Waals surface area contributed by atoms with E-state index in [0.717, 1.165) is 11.4 Å². The number of ether oxygens (including phenoxy) is 1. The number of hydrogen-bond donors (Lipinski definition) is 2. The highest BCUT2D eigenvalue weighted by molar-refractivity contribution is 5.87. The fraction of sp³-hybridized carbons (Fsp3) is 0.455. The third-order valence-electron chi connectivity index (χ3n) is 2.44. The lowest BCUT2D eigenvalue weighted by Gasteiger charge is -2.08. The first-order valence-electron chi connectivity index (χ1n) is 5.57. The Morgan fingerprint density at radius 2 is 2.17 bits per heavy atom. The lowest BCUT2D eigenvalue weighted by atomic mass is 10.3. The minimum atomic E-state index is -0.636. The third-order valence-corrected chi connectivity index (χ3v) is 2.44. The Balaban J connectivity index is 1.91. The molecule has 1 saturated heterocycles. The molecule has 7 heteroatoms. The number of aryl methyl sites for hydroxylation is 2. The topological polar surface area (TPSA) is 93.2 Å². The molecule has 0 aliphatic carbocycles. The van der Waals surface area contributed by atoms with Crippen molar-refractivity contribution in [3.8, 4) is 0 Å². The molecule has 96 valence electrons. The second-order valence-electron chi connectivity index (χ2n) is 4.08. The van der Waals surface area contributed by atoms with Gasteiger partial charge in [0.1, 0.15) is 18.5 Å². The molecule has 1 fully saturated rings. The molecule has 7 nitrogen and oxygen atoms in total. The number of nitrogens with one attached hydrogen (secondary N) is 2. The van der Waals surface area contributed by atoms with Crippen molar-refractivity contribution >= 4 is 12.0 Å². The molecule has 1 aliphatic rings. The quantitative estimate of drug-likeness (QED) is 0.776. The Kier molecular flexibility index (Phi) is 3.40. The van der Waals surface area contributed by atoms with E-state index in [1.807, 2.05) is 19.9 Å². The monoisotopic (exact) mass is 250 g/mol. The minimum absolute atomic E-state index is 0.0539. The van der Waals surface area contributed by atoms with Crippen LogP contribution >= 0.6 is 0 Å². The van der Waals surface area contributed by atoms with Gasteiger partial charge in [0.25, 0.3) is 0 Å². The SMILES string of the molecule is Cc1cc(C)nc(CNC(=O)[C@@H]2COC(=O)N2)n1. The number of nitrogens with zero attached hydrogens (tertiary/aromatic N) is 2. The molecule has 1 aromatic rings. The van der Waals surface area contributed by atoms with Crippen molar-refractivity contribution in [2.24, 2.45) is 0 Å². The zero-order valence-corrected chi connectivity index (χ0v) is 10.2. The van der Waals surface area contributed by atoms with Crippen LogP contribution in [0.1, 0.15) is 17.2 Å². The number of alkyl carbamates (subject to hydrolysis) is 1. The lowest BCUT2D eigenvalue weighted by Crippen LogP contribution is -2.42. The van der Waals surface area contributed by atoms with Crippen molar-refractivity contribution in [2.75, 3.05) is 6.61 Å². The summed E-state index contributed by atoms with van der Waals surface area (Å²) in [5.74, 6) is 0.245. The number of carbonyl (C=O) groups is 2. The molecule has 2 heterocycles. The van der Waals surface area contributed by atoms with E-state index in [1.165, 1.54) is 0 Å². The van der Waals surface area contributed by atoms with E-state index in [-0.39, 0.29) is 19.1 Å². The van der Waals surface area contributed by atoms with Crippen LogP contribution in [0.25, 0.3) is 0 Å². The van der Waals surface area contributed by atoms with Gasteiger partial charge in [-0.2, -0.15) is 0 Å². The molecular formula is C11H14N4O3. The van der Waals surface area contributed by atoms with Gasteiger partial charge >= 0.3 is 6.09 Å². The number of amides is 2. The minimum Gasteiger partial charge on any atom is -0.447 e. The molecule has 0 bridgehead atoms. The van der Waals surface area contributed by atoms with E-state index in [9.17, 15) is 9.59 Å². The van der Waals surface area contributed by atoms with E-state index in [1.54, 1.807) is 0 Å². The fourth-order valence-corrected chi connectivity index (χ4v) is 1.69. The number of carbonyl (C=O) groups excluding carboxylic acids is 2. The molecule has 0 aromatic carbocycles. The Morgan fingerprint density at radius 3 is 2.72 bits per heavy atom. The predicted molar refractivity (Wildman–Crippen MR) is 61.6 cm³/mol. The van der Waals surface area contributed by atoms with Crippen LogP contribution in [-0.2, 0) is 16.1 Å². The van der Waals surface area contributed by atoms with Gasteiger partial charge < -0.3 is 15.4 Å². The van der Waals surface area contributed by atoms with E-state index in [0.29, 0.717) is 5.82 Å². The summed E-state index contributed by atoms with van der Waals surface area (Å²) < 4.78 is 4.63. The number of cyclic esters (lactones) is 1. The maximum absolute atomic E-state index is 11.7. The van der Waals surface area contributed by atoms with Crippen molar-refractivity contribution in [3.63, 3.8) is 0 Å². The molecule has 2 amide bonds. The van der Waals surface area contributed by atoms with Crippen molar-refractivity contribution in [1.29, 1.82) is 0 Å². The Labute approximate surface area is 104 Å². The van der Waals surface area contributed by atoms with Gasteiger partial charge in [0.05, 0.1) is 6.54 Å². The van der Waals surface area contributed by atoms with E-state index >= 15 is 0 Å². The summed E-state index contributed by atoms with van der Waals surface area (Å²) in [6.07, 6.45) is -0.571. The van der Waals surface area contributed by atoms with Crippen LogP contribution < -0.4 is 10.6 Å². The third kappa shape index (κ3) is 2.93. The highest BCUT2D eigenvalue weighted by atomic mass is 16.6. The summed E-state index contributed by atoms with van der Waals surface area (Å²) in [5.41, 5.74) is 1.70. The largest absolute Gasteiger partial charge is 0.447 e. The van der Waals surface area contributed by atoms with Gasteiger partial charge in [-0.05, 0) is 19.9 Å².